The number of hydrogen-bond donors (Lipinski definition) is 2. The van der Waals surface area contributed by atoms with Gasteiger partial charge in [0.1, 0.15) is 5.56 Å². The molecule has 28 heavy (non-hydrogen) atoms. The molecule has 0 saturated carbocycles. The first kappa shape index (κ1) is 19.4. The number of methoxy groups -OCH3 is 1. The molecule has 10 nitrogen and oxygen atoms in total. The fourth-order valence-electron chi connectivity index (χ4n) is 2.65. The Morgan fingerprint density at radius 3 is 2.79 bits per heavy atom. The van der Waals surface area contributed by atoms with E-state index in [9.17, 15) is 18.0 Å². The Labute approximate surface area is 160 Å². The number of nitrogens with one attached hydrogen (secondary N) is 2. The zero-order valence-electron chi connectivity index (χ0n) is 15.1. The van der Waals surface area contributed by atoms with Gasteiger partial charge in [-0.3, -0.25) is 9.82 Å². The van der Waals surface area contributed by atoms with Crippen molar-refractivity contribution in [3.05, 3.63) is 53.3 Å². The summed E-state index contributed by atoms with van der Waals surface area (Å²) in [6.45, 7) is 1.77. The van der Waals surface area contributed by atoms with Crippen LogP contribution in [-0.4, -0.2) is 48.7 Å². The monoisotopic (exact) mass is 406 g/mol. The fourth-order valence-corrected chi connectivity index (χ4v) is 3.80. The maximum atomic E-state index is 12.6. The third kappa shape index (κ3) is 3.98. The first-order valence-corrected chi connectivity index (χ1v) is 9.89. The lowest BCUT2D eigenvalue weighted by Gasteiger charge is -2.09. The second kappa shape index (κ2) is 7.72. The van der Waals surface area contributed by atoms with E-state index in [0.29, 0.717) is 5.56 Å². The Morgan fingerprint density at radius 1 is 1.29 bits per heavy atom. The van der Waals surface area contributed by atoms with E-state index in [2.05, 4.69) is 19.5 Å². The molecule has 3 rings (SSSR count). The van der Waals surface area contributed by atoms with Crippen molar-refractivity contribution in [2.75, 3.05) is 18.4 Å². The van der Waals surface area contributed by atoms with Gasteiger partial charge in [-0.15, -0.1) is 0 Å². The summed E-state index contributed by atoms with van der Waals surface area (Å²) < 4.78 is 38.6. The van der Waals surface area contributed by atoms with E-state index in [0.717, 1.165) is 0 Å². The molecule has 0 fully saturated rings. The predicted molar refractivity (Wildman–Crippen MR) is 99.5 cm³/mol. The van der Waals surface area contributed by atoms with Crippen LogP contribution in [0.25, 0.3) is 5.65 Å². The van der Waals surface area contributed by atoms with Crippen LogP contribution in [0.2, 0.25) is 0 Å². The number of carbonyl (C=O) groups is 2. The Morgan fingerprint density at radius 2 is 2.07 bits per heavy atom. The minimum absolute atomic E-state index is 0.0151. The van der Waals surface area contributed by atoms with E-state index in [1.54, 1.807) is 19.1 Å². The minimum Gasteiger partial charge on any atom is -0.465 e. The van der Waals surface area contributed by atoms with Gasteiger partial charge in [0.25, 0.3) is 0 Å². The van der Waals surface area contributed by atoms with Gasteiger partial charge in [0.2, 0.25) is 10.0 Å². The van der Waals surface area contributed by atoms with Crippen LogP contribution in [0.15, 0.2) is 36.7 Å². The highest BCUT2D eigenvalue weighted by Crippen LogP contribution is 2.22. The van der Waals surface area contributed by atoms with Crippen molar-refractivity contribution >= 4 is 33.4 Å². The molecule has 0 spiro atoms. The maximum Gasteiger partial charge on any atom is 0.345 e. The minimum atomic E-state index is -3.92. The molecule has 0 aliphatic carbocycles. The summed E-state index contributed by atoms with van der Waals surface area (Å²) in [5.74, 6) is -1.74. The van der Waals surface area contributed by atoms with Crippen LogP contribution in [-0.2, 0) is 25.2 Å². The maximum absolute atomic E-state index is 12.6. The molecule has 0 amide bonds. The summed E-state index contributed by atoms with van der Waals surface area (Å²) in [7, 11) is -2.67. The summed E-state index contributed by atoms with van der Waals surface area (Å²) in [6, 6.07) is 6.08. The number of fused-ring (bicyclic) bond motifs is 1. The fraction of sp³-hybridized carbons (Fsp3) is 0.235. The molecule has 0 atom stereocenters. The van der Waals surface area contributed by atoms with E-state index >= 15 is 0 Å². The number of aromatic nitrogens is 3. The SMILES string of the molecule is CCOC(=O)c1c(NS(=O)(=O)Cc2cccc(C(=O)OC)c2)[nH]n2ccnc12. The van der Waals surface area contributed by atoms with Gasteiger partial charge in [-0.25, -0.2) is 27.5 Å². The van der Waals surface area contributed by atoms with Gasteiger partial charge >= 0.3 is 11.9 Å². The molecule has 2 heterocycles. The Kier molecular flexibility index (Phi) is 5.36. The van der Waals surface area contributed by atoms with E-state index in [-0.39, 0.29) is 29.2 Å². The lowest BCUT2D eigenvalue weighted by atomic mass is 10.1. The average molecular weight is 406 g/mol. The molecule has 1 aromatic carbocycles. The molecule has 0 saturated heterocycles. The van der Waals surface area contributed by atoms with Gasteiger partial charge in [-0.1, -0.05) is 12.1 Å². The van der Waals surface area contributed by atoms with E-state index in [1.165, 1.54) is 36.2 Å². The second-order valence-electron chi connectivity index (χ2n) is 5.76. The number of imidazole rings is 1. The van der Waals surface area contributed by atoms with Crippen molar-refractivity contribution in [2.45, 2.75) is 12.7 Å². The molecule has 0 unspecified atom stereocenters. The molecular formula is C17H18N4O6S. The number of sulfonamides is 1. The van der Waals surface area contributed by atoms with Crippen molar-refractivity contribution in [1.29, 1.82) is 0 Å². The number of hydrogen-bond acceptors (Lipinski definition) is 7. The van der Waals surface area contributed by atoms with Gasteiger partial charge in [0.05, 0.1) is 25.0 Å². The summed E-state index contributed by atoms with van der Waals surface area (Å²) >= 11 is 0. The van der Waals surface area contributed by atoms with Gasteiger partial charge in [-0.05, 0) is 24.6 Å². The Balaban J connectivity index is 1.89. The standard InChI is InChI=1S/C17H18N4O6S/c1-3-27-17(23)13-14(19-21-8-7-18-15(13)21)20-28(24,25)10-11-5-4-6-12(9-11)16(22)26-2/h4-9,19-20H,3,10H2,1-2H3. The van der Waals surface area contributed by atoms with Crippen molar-refractivity contribution < 1.29 is 27.5 Å². The second-order valence-corrected chi connectivity index (χ2v) is 7.48. The van der Waals surface area contributed by atoms with Crippen molar-refractivity contribution in [3.63, 3.8) is 0 Å². The van der Waals surface area contributed by atoms with Gasteiger partial charge in [0, 0.05) is 12.4 Å². The third-order valence-corrected chi connectivity index (χ3v) is 5.02. The van der Waals surface area contributed by atoms with Crippen molar-refractivity contribution in [1.82, 2.24) is 14.6 Å². The number of ether oxygens (including phenoxy) is 2. The van der Waals surface area contributed by atoms with Crippen molar-refractivity contribution in [3.8, 4) is 0 Å². The topological polar surface area (TPSA) is 132 Å². The van der Waals surface area contributed by atoms with Gasteiger partial charge < -0.3 is 9.47 Å². The molecule has 0 radical (unpaired) electrons. The van der Waals surface area contributed by atoms with E-state index in [4.69, 9.17) is 4.74 Å². The number of H-pyrrole nitrogens is 1. The van der Waals surface area contributed by atoms with Crippen LogP contribution in [0, 0.1) is 0 Å². The van der Waals surface area contributed by atoms with Crippen LogP contribution in [0.4, 0.5) is 5.82 Å². The highest BCUT2D eigenvalue weighted by atomic mass is 32.2. The lowest BCUT2D eigenvalue weighted by Crippen LogP contribution is -2.18. The molecule has 0 bridgehead atoms. The van der Waals surface area contributed by atoms with E-state index < -0.39 is 27.7 Å². The first-order valence-electron chi connectivity index (χ1n) is 8.24. The molecule has 11 heteroatoms. The van der Waals surface area contributed by atoms with Crippen LogP contribution >= 0.6 is 0 Å². The smallest absolute Gasteiger partial charge is 0.345 e. The number of rotatable bonds is 7. The van der Waals surface area contributed by atoms with Crippen LogP contribution in [0.3, 0.4) is 0 Å². The zero-order valence-corrected chi connectivity index (χ0v) is 15.9. The van der Waals surface area contributed by atoms with Crippen LogP contribution in [0.1, 0.15) is 33.2 Å². The quantitative estimate of drug-likeness (QED) is 0.569. The number of carbonyl (C=O) groups excluding carboxylic acids is 2. The predicted octanol–water partition coefficient (Wildman–Crippen LogP) is 1.57. The number of esters is 2. The van der Waals surface area contributed by atoms with Crippen LogP contribution in [0.5, 0.6) is 0 Å². The number of aromatic amines is 1. The first-order chi connectivity index (χ1) is 13.3. The van der Waals surface area contributed by atoms with Gasteiger partial charge in [-0.2, -0.15) is 0 Å². The molecule has 2 N–H and O–H groups in total. The molecular weight excluding hydrogens is 388 g/mol. The largest absolute Gasteiger partial charge is 0.465 e. The summed E-state index contributed by atoms with van der Waals surface area (Å²) in [6.07, 6.45) is 3.00. The zero-order chi connectivity index (χ0) is 20.3. The average Bonchev–Trinajstić information content (AvgIpc) is 3.21. The lowest BCUT2D eigenvalue weighted by molar-refractivity contribution is 0.0528. The highest BCUT2D eigenvalue weighted by molar-refractivity contribution is 7.91. The Bertz CT molecular complexity index is 1130. The third-order valence-electron chi connectivity index (χ3n) is 3.79. The molecule has 0 aliphatic rings. The normalized spacial score (nSPS) is 11.4. The summed E-state index contributed by atoms with van der Waals surface area (Å²) in [5, 5.41) is 2.75. The van der Waals surface area contributed by atoms with Crippen molar-refractivity contribution in [2.24, 2.45) is 0 Å². The molecule has 148 valence electrons. The number of anilines is 1. The number of nitrogens with zero attached hydrogens (tertiary/aromatic N) is 2. The van der Waals surface area contributed by atoms with E-state index in [1.807, 2.05) is 0 Å². The highest BCUT2D eigenvalue weighted by Gasteiger charge is 2.25. The molecule has 3 aromatic rings. The number of benzene rings is 1. The summed E-state index contributed by atoms with van der Waals surface area (Å²) in [4.78, 5) is 27.9. The molecule has 2 aromatic heterocycles. The van der Waals surface area contributed by atoms with Gasteiger partial charge in [0.15, 0.2) is 11.5 Å². The van der Waals surface area contributed by atoms with Crippen LogP contribution < -0.4 is 4.72 Å². The summed E-state index contributed by atoms with van der Waals surface area (Å²) in [5.41, 5.74) is 0.841. The molecule has 0 aliphatic heterocycles. The Hall–Kier alpha value is -3.34.